The predicted octanol–water partition coefficient (Wildman–Crippen LogP) is 2.50. The van der Waals surface area contributed by atoms with Crippen molar-refractivity contribution in [3.8, 4) is 0 Å². The number of nitrogens with one attached hydrogen (secondary N) is 1. The minimum absolute atomic E-state index is 0.330. The van der Waals surface area contributed by atoms with E-state index in [1.54, 1.807) is 0 Å². The number of hydrogen-bond acceptors (Lipinski definition) is 3. The van der Waals surface area contributed by atoms with Crippen molar-refractivity contribution in [1.29, 1.82) is 0 Å². The fraction of sp³-hybridized carbons (Fsp3) is 0.526. The highest BCUT2D eigenvalue weighted by atomic mass is 15.3. The van der Waals surface area contributed by atoms with Crippen LogP contribution in [0.25, 0.3) is 0 Å². The zero-order valence-electron chi connectivity index (χ0n) is 15.7. The molecule has 0 unspecified atom stereocenters. The summed E-state index contributed by atoms with van der Waals surface area (Å²) in [6.07, 6.45) is 1.18. The first kappa shape index (κ1) is 17.5. The second kappa shape index (κ2) is 7.25. The quantitative estimate of drug-likeness (QED) is 0.686. The van der Waals surface area contributed by atoms with Crippen LogP contribution in [0, 0.1) is 12.3 Å². The molecule has 0 saturated carbocycles. The van der Waals surface area contributed by atoms with Crippen molar-refractivity contribution in [3.05, 3.63) is 47.5 Å². The molecule has 25 heavy (non-hydrogen) atoms. The first-order chi connectivity index (χ1) is 11.9. The molecule has 2 heterocycles. The third-order valence-electron chi connectivity index (χ3n) is 4.82. The van der Waals surface area contributed by atoms with Gasteiger partial charge in [0.15, 0.2) is 11.8 Å². The second-order valence-corrected chi connectivity index (χ2v) is 7.54. The van der Waals surface area contributed by atoms with Gasteiger partial charge in [0.1, 0.15) is 5.82 Å². The van der Waals surface area contributed by atoms with Crippen LogP contribution in [0.5, 0.6) is 0 Å². The van der Waals surface area contributed by atoms with Gasteiger partial charge >= 0.3 is 0 Å². The van der Waals surface area contributed by atoms with Gasteiger partial charge in [0.05, 0.1) is 13.1 Å². The van der Waals surface area contributed by atoms with E-state index in [1.807, 2.05) is 24.6 Å². The van der Waals surface area contributed by atoms with Gasteiger partial charge in [-0.3, -0.25) is 0 Å². The zero-order valence-corrected chi connectivity index (χ0v) is 15.7. The van der Waals surface area contributed by atoms with E-state index in [1.165, 1.54) is 12.0 Å². The summed E-state index contributed by atoms with van der Waals surface area (Å²) in [5.41, 5.74) is 1.55. The van der Waals surface area contributed by atoms with Gasteiger partial charge in [-0.05, 0) is 24.3 Å². The fourth-order valence-electron chi connectivity index (χ4n) is 3.07. The molecule has 0 bridgehead atoms. The number of aliphatic imine (C=N–C) groups is 1. The van der Waals surface area contributed by atoms with Gasteiger partial charge < -0.3 is 14.8 Å². The van der Waals surface area contributed by atoms with Crippen LogP contribution in [0.3, 0.4) is 0 Å². The van der Waals surface area contributed by atoms with Crippen LogP contribution in [0.2, 0.25) is 0 Å². The number of nitrogens with zero attached hydrogens (tertiary/aromatic N) is 5. The maximum atomic E-state index is 4.87. The first-order valence-electron chi connectivity index (χ1n) is 8.87. The Morgan fingerprint density at radius 1 is 1.24 bits per heavy atom. The van der Waals surface area contributed by atoms with Gasteiger partial charge in [-0.1, -0.05) is 44.2 Å². The molecule has 1 aromatic heterocycles. The Hall–Kier alpha value is -2.37. The van der Waals surface area contributed by atoms with E-state index in [-0.39, 0.29) is 0 Å². The summed E-state index contributed by atoms with van der Waals surface area (Å²) in [6.45, 7) is 9.95. The van der Waals surface area contributed by atoms with Crippen molar-refractivity contribution in [1.82, 2.24) is 25.0 Å². The Labute approximate surface area is 150 Å². The molecule has 134 valence electrons. The molecular formula is C19H28N6. The van der Waals surface area contributed by atoms with E-state index in [0.29, 0.717) is 18.5 Å². The molecule has 6 heteroatoms. The van der Waals surface area contributed by atoms with Crippen molar-refractivity contribution in [2.24, 2.45) is 17.5 Å². The Kier molecular flexibility index (Phi) is 5.06. The van der Waals surface area contributed by atoms with Crippen LogP contribution in [0.1, 0.15) is 37.5 Å². The van der Waals surface area contributed by atoms with Crippen LogP contribution in [-0.2, 0) is 20.1 Å². The molecule has 0 amide bonds. The molecule has 1 aromatic carbocycles. The highest BCUT2D eigenvalue weighted by Gasteiger charge is 2.31. The monoisotopic (exact) mass is 340 g/mol. The average Bonchev–Trinajstić information content (AvgIpc) is 3.11. The SMILES string of the molecule is Cc1nnc(CNC(=NCc2ccccc2)N2CCC(C)(C)C2)n1C. The Morgan fingerprint density at radius 2 is 2.00 bits per heavy atom. The van der Waals surface area contributed by atoms with Crippen molar-refractivity contribution in [3.63, 3.8) is 0 Å². The van der Waals surface area contributed by atoms with Crippen molar-refractivity contribution < 1.29 is 0 Å². The van der Waals surface area contributed by atoms with Gasteiger partial charge in [0.25, 0.3) is 0 Å². The summed E-state index contributed by atoms with van der Waals surface area (Å²) in [4.78, 5) is 7.22. The summed E-state index contributed by atoms with van der Waals surface area (Å²) in [6, 6.07) is 10.4. The molecule has 0 radical (unpaired) electrons. The summed E-state index contributed by atoms with van der Waals surface area (Å²) in [5, 5.41) is 11.9. The van der Waals surface area contributed by atoms with Crippen molar-refractivity contribution in [2.75, 3.05) is 13.1 Å². The molecule has 0 atom stereocenters. The minimum Gasteiger partial charge on any atom is -0.349 e. The van der Waals surface area contributed by atoms with E-state index >= 15 is 0 Å². The van der Waals surface area contributed by atoms with Crippen LogP contribution < -0.4 is 5.32 Å². The lowest BCUT2D eigenvalue weighted by atomic mass is 9.93. The highest BCUT2D eigenvalue weighted by molar-refractivity contribution is 5.80. The number of benzene rings is 1. The van der Waals surface area contributed by atoms with Crippen molar-refractivity contribution in [2.45, 2.75) is 40.3 Å². The summed E-state index contributed by atoms with van der Waals surface area (Å²) < 4.78 is 2.01. The lowest BCUT2D eigenvalue weighted by Gasteiger charge is -2.24. The molecule has 0 spiro atoms. The Balaban J connectivity index is 1.73. The number of aryl methyl sites for hydroxylation is 1. The zero-order chi connectivity index (χ0) is 17.9. The number of hydrogen-bond donors (Lipinski definition) is 1. The third-order valence-corrected chi connectivity index (χ3v) is 4.82. The van der Waals surface area contributed by atoms with Gasteiger partial charge in [0, 0.05) is 20.1 Å². The normalized spacial score (nSPS) is 17.1. The van der Waals surface area contributed by atoms with E-state index in [4.69, 9.17) is 4.99 Å². The maximum Gasteiger partial charge on any atom is 0.194 e. The van der Waals surface area contributed by atoms with E-state index in [2.05, 4.69) is 58.5 Å². The van der Waals surface area contributed by atoms with Crippen LogP contribution in [0.4, 0.5) is 0 Å². The molecule has 1 N–H and O–H groups in total. The van der Waals surface area contributed by atoms with Gasteiger partial charge in [-0.2, -0.15) is 0 Å². The molecule has 1 fully saturated rings. The first-order valence-corrected chi connectivity index (χ1v) is 8.87. The molecule has 3 rings (SSSR count). The van der Waals surface area contributed by atoms with E-state index < -0.39 is 0 Å². The van der Waals surface area contributed by atoms with Gasteiger partial charge in [-0.25, -0.2) is 4.99 Å². The molecule has 1 aliphatic heterocycles. The predicted molar refractivity (Wildman–Crippen MR) is 100 cm³/mol. The number of rotatable bonds is 4. The van der Waals surface area contributed by atoms with Gasteiger partial charge in [0.2, 0.25) is 0 Å². The van der Waals surface area contributed by atoms with Crippen LogP contribution in [0.15, 0.2) is 35.3 Å². The Morgan fingerprint density at radius 3 is 2.60 bits per heavy atom. The summed E-state index contributed by atoms with van der Waals surface area (Å²) >= 11 is 0. The maximum absolute atomic E-state index is 4.87. The fourth-order valence-corrected chi connectivity index (χ4v) is 3.07. The van der Waals surface area contributed by atoms with Crippen molar-refractivity contribution >= 4 is 5.96 Å². The summed E-state index contributed by atoms with van der Waals surface area (Å²) in [7, 11) is 1.99. The van der Waals surface area contributed by atoms with Crippen LogP contribution in [-0.4, -0.2) is 38.7 Å². The standard InChI is InChI=1S/C19H28N6/c1-15-22-23-17(24(15)4)13-21-18(25-11-10-19(2,3)14-25)20-12-16-8-6-5-7-9-16/h5-9H,10-14H2,1-4H3,(H,20,21). The third kappa shape index (κ3) is 4.38. The smallest absolute Gasteiger partial charge is 0.194 e. The number of aromatic nitrogens is 3. The molecular weight excluding hydrogens is 312 g/mol. The molecule has 0 aliphatic carbocycles. The average molecular weight is 340 g/mol. The molecule has 1 saturated heterocycles. The molecule has 6 nitrogen and oxygen atoms in total. The number of likely N-dealkylation sites (tertiary alicyclic amines) is 1. The van der Waals surface area contributed by atoms with Crippen LogP contribution >= 0.6 is 0 Å². The molecule has 1 aliphatic rings. The topological polar surface area (TPSA) is 58.3 Å². The highest BCUT2D eigenvalue weighted by Crippen LogP contribution is 2.28. The Bertz CT molecular complexity index is 732. The lowest BCUT2D eigenvalue weighted by Crippen LogP contribution is -2.41. The van der Waals surface area contributed by atoms with E-state index in [0.717, 1.165) is 30.7 Å². The minimum atomic E-state index is 0.330. The number of guanidine groups is 1. The van der Waals surface area contributed by atoms with Gasteiger partial charge in [-0.15, -0.1) is 10.2 Å². The van der Waals surface area contributed by atoms with E-state index in [9.17, 15) is 0 Å². The largest absolute Gasteiger partial charge is 0.349 e. The molecule has 2 aromatic rings. The second-order valence-electron chi connectivity index (χ2n) is 7.54. The lowest BCUT2D eigenvalue weighted by molar-refractivity contribution is 0.369. The summed E-state index contributed by atoms with van der Waals surface area (Å²) in [5.74, 6) is 2.79.